The van der Waals surface area contributed by atoms with Gasteiger partial charge in [0.1, 0.15) is 5.82 Å². The predicted octanol–water partition coefficient (Wildman–Crippen LogP) is 3.89. The fourth-order valence-corrected chi connectivity index (χ4v) is 2.47. The van der Waals surface area contributed by atoms with E-state index in [0.29, 0.717) is 27.2 Å². The summed E-state index contributed by atoms with van der Waals surface area (Å²) in [5.74, 6) is 0.532. The molecule has 1 heterocycles. The molecule has 0 saturated heterocycles. The van der Waals surface area contributed by atoms with E-state index in [2.05, 4.69) is 15.0 Å². The van der Waals surface area contributed by atoms with Gasteiger partial charge in [-0.3, -0.25) is 4.72 Å². The van der Waals surface area contributed by atoms with Crippen LogP contribution in [0.2, 0.25) is 10.0 Å². The summed E-state index contributed by atoms with van der Waals surface area (Å²) in [7, 11) is -3.31. The van der Waals surface area contributed by atoms with Gasteiger partial charge in [-0.25, -0.2) is 13.4 Å². The summed E-state index contributed by atoms with van der Waals surface area (Å²) in [4.78, 5) is 4.12. The Labute approximate surface area is 133 Å². The lowest BCUT2D eigenvalue weighted by Crippen LogP contribution is -2.14. The highest BCUT2D eigenvalue weighted by molar-refractivity contribution is 7.92. The monoisotopic (exact) mass is 345 g/mol. The summed E-state index contributed by atoms with van der Waals surface area (Å²) in [6.07, 6.45) is 1.42. The van der Waals surface area contributed by atoms with Gasteiger partial charge in [0.05, 0.1) is 28.3 Å². The van der Waals surface area contributed by atoms with Crippen LogP contribution in [0.3, 0.4) is 0 Å². The van der Waals surface area contributed by atoms with Crippen molar-refractivity contribution in [2.45, 2.75) is 6.92 Å². The zero-order valence-corrected chi connectivity index (χ0v) is 13.4. The van der Waals surface area contributed by atoms with E-state index in [-0.39, 0.29) is 5.75 Å². The molecule has 1 aromatic heterocycles. The largest absolute Gasteiger partial charge is 0.339 e. The standard InChI is InChI=1S/C13H13Cl2N3O2S/c1-2-21(19,20)18-10-4-6-13(16-8-10)17-12-7-9(14)3-5-11(12)15/h3-8,18H,2H2,1H3,(H,16,17). The summed E-state index contributed by atoms with van der Waals surface area (Å²) in [5, 5.41) is 4.07. The highest BCUT2D eigenvalue weighted by Gasteiger charge is 2.07. The number of halogens is 2. The minimum Gasteiger partial charge on any atom is -0.339 e. The average molecular weight is 346 g/mol. The Bertz CT molecular complexity index is 734. The molecule has 0 aliphatic carbocycles. The molecule has 0 atom stereocenters. The first-order chi connectivity index (χ1) is 9.89. The molecule has 2 rings (SSSR count). The molecule has 0 unspecified atom stereocenters. The minimum atomic E-state index is -3.31. The molecular weight excluding hydrogens is 333 g/mol. The van der Waals surface area contributed by atoms with Gasteiger partial charge in [-0.2, -0.15) is 0 Å². The third kappa shape index (κ3) is 4.49. The van der Waals surface area contributed by atoms with Crippen LogP contribution in [0.1, 0.15) is 6.92 Å². The van der Waals surface area contributed by atoms with E-state index in [1.807, 2.05) is 0 Å². The molecule has 2 N–H and O–H groups in total. The van der Waals surface area contributed by atoms with Crippen molar-refractivity contribution >= 4 is 50.4 Å². The molecule has 0 aliphatic rings. The molecule has 0 bridgehead atoms. The molecule has 5 nitrogen and oxygen atoms in total. The van der Waals surface area contributed by atoms with E-state index in [1.54, 1.807) is 37.3 Å². The SMILES string of the molecule is CCS(=O)(=O)Nc1ccc(Nc2cc(Cl)ccc2Cl)nc1. The van der Waals surface area contributed by atoms with E-state index in [4.69, 9.17) is 23.2 Å². The van der Waals surface area contributed by atoms with Gasteiger partial charge in [0.15, 0.2) is 0 Å². The third-order valence-electron chi connectivity index (χ3n) is 2.61. The second-order valence-electron chi connectivity index (χ2n) is 4.19. The number of benzene rings is 1. The number of rotatable bonds is 5. The van der Waals surface area contributed by atoms with Crippen LogP contribution < -0.4 is 10.0 Å². The Kier molecular flexibility index (Phi) is 4.92. The van der Waals surface area contributed by atoms with Gasteiger partial charge in [0.25, 0.3) is 0 Å². The Morgan fingerprint density at radius 2 is 1.95 bits per heavy atom. The van der Waals surface area contributed by atoms with Gasteiger partial charge in [-0.15, -0.1) is 0 Å². The first kappa shape index (κ1) is 15.9. The maximum Gasteiger partial charge on any atom is 0.232 e. The summed E-state index contributed by atoms with van der Waals surface area (Å²) in [5.41, 5.74) is 1.03. The Hall–Kier alpha value is -1.50. The fourth-order valence-electron chi connectivity index (χ4n) is 1.51. The molecule has 8 heteroatoms. The van der Waals surface area contributed by atoms with Crippen molar-refractivity contribution in [3.8, 4) is 0 Å². The molecule has 1 aromatic carbocycles. The van der Waals surface area contributed by atoms with Crippen LogP contribution in [0, 0.1) is 0 Å². The van der Waals surface area contributed by atoms with E-state index in [1.165, 1.54) is 6.20 Å². The molecule has 2 aromatic rings. The zero-order chi connectivity index (χ0) is 15.5. The van der Waals surface area contributed by atoms with Crippen molar-refractivity contribution in [2.24, 2.45) is 0 Å². The van der Waals surface area contributed by atoms with Crippen molar-refractivity contribution in [3.63, 3.8) is 0 Å². The molecule has 0 amide bonds. The van der Waals surface area contributed by atoms with Crippen LogP contribution in [0.4, 0.5) is 17.2 Å². The number of aromatic nitrogens is 1. The number of sulfonamides is 1. The highest BCUT2D eigenvalue weighted by Crippen LogP contribution is 2.28. The van der Waals surface area contributed by atoms with E-state index in [9.17, 15) is 8.42 Å². The smallest absolute Gasteiger partial charge is 0.232 e. The second kappa shape index (κ2) is 6.51. The van der Waals surface area contributed by atoms with Crippen molar-refractivity contribution < 1.29 is 8.42 Å². The molecule has 0 fully saturated rings. The maximum absolute atomic E-state index is 11.4. The molecular formula is C13H13Cl2N3O2S. The van der Waals surface area contributed by atoms with Crippen molar-refractivity contribution in [1.82, 2.24) is 4.98 Å². The summed E-state index contributed by atoms with van der Waals surface area (Å²) in [6.45, 7) is 1.56. The third-order valence-corrected chi connectivity index (χ3v) is 4.48. The van der Waals surface area contributed by atoms with Gasteiger partial charge in [-0.1, -0.05) is 23.2 Å². The van der Waals surface area contributed by atoms with Crippen LogP contribution >= 0.6 is 23.2 Å². The van der Waals surface area contributed by atoms with Crippen LogP contribution in [0.25, 0.3) is 0 Å². The van der Waals surface area contributed by atoms with Crippen molar-refractivity contribution in [1.29, 1.82) is 0 Å². The van der Waals surface area contributed by atoms with Crippen molar-refractivity contribution in [3.05, 3.63) is 46.6 Å². The van der Waals surface area contributed by atoms with Crippen LogP contribution in [-0.2, 0) is 10.0 Å². The quantitative estimate of drug-likeness (QED) is 0.862. The van der Waals surface area contributed by atoms with Gasteiger partial charge in [0.2, 0.25) is 10.0 Å². The lowest BCUT2D eigenvalue weighted by Gasteiger charge is -2.09. The van der Waals surface area contributed by atoms with E-state index < -0.39 is 10.0 Å². The first-order valence-corrected chi connectivity index (χ1v) is 8.49. The zero-order valence-electron chi connectivity index (χ0n) is 11.1. The van der Waals surface area contributed by atoms with Crippen LogP contribution in [-0.4, -0.2) is 19.2 Å². The summed E-state index contributed by atoms with van der Waals surface area (Å²) >= 11 is 11.9. The molecule has 21 heavy (non-hydrogen) atoms. The van der Waals surface area contributed by atoms with E-state index >= 15 is 0 Å². The molecule has 0 radical (unpaired) electrons. The number of pyridine rings is 1. The number of nitrogens with one attached hydrogen (secondary N) is 2. The van der Waals surface area contributed by atoms with Gasteiger partial charge in [-0.05, 0) is 37.3 Å². The minimum absolute atomic E-state index is 0.00508. The lowest BCUT2D eigenvalue weighted by atomic mass is 10.3. The number of hydrogen-bond donors (Lipinski definition) is 2. The van der Waals surface area contributed by atoms with Crippen molar-refractivity contribution in [2.75, 3.05) is 15.8 Å². The molecule has 0 aliphatic heterocycles. The number of anilines is 3. The van der Waals surface area contributed by atoms with E-state index in [0.717, 1.165) is 0 Å². The maximum atomic E-state index is 11.4. The second-order valence-corrected chi connectivity index (χ2v) is 7.04. The normalized spacial score (nSPS) is 11.2. The topological polar surface area (TPSA) is 71.1 Å². The first-order valence-electron chi connectivity index (χ1n) is 6.08. The summed E-state index contributed by atoms with van der Waals surface area (Å²) < 4.78 is 25.3. The highest BCUT2D eigenvalue weighted by atomic mass is 35.5. The Balaban J connectivity index is 2.14. The number of nitrogens with zero attached hydrogens (tertiary/aromatic N) is 1. The average Bonchev–Trinajstić information content (AvgIpc) is 2.45. The predicted molar refractivity (Wildman–Crippen MR) is 87.1 cm³/mol. The Morgan fingerprint density at radius 3 is 2.57 bits per heavy atom. The lowest BCUT2D eigenvalue weighted by molar-refractivity contribution is 0.602. The van der Waals surface area contributed by atoms with Crippen LogP contribution in [0.5, 0.6) is 0 Å². The molecule has 0 spiro atoms. The van der Waals surface area contributed by atoms with Gasteiger partial charge < -0.3 is 5.32 Å². The van der Waals surface area contributed by atoms with Crippen LogP contribution in [0.15, 0.2) is 36.5 Å². The summed E-state index contributed by atoms with van der Waals surface area (Å²) in [6, 6.07) is 8.30. The fraction of sp³-hybridized carbons (Fsp3) is 0.154. The Morgan fingerprint density at radius 1 is 1.19 bits per heavy atom. The van der Waals surface area contributed by atoms with Gasteiger partial charge in [0, 0.05) is 5.02 Å². The molecule has 112 valence electrons. The number of hydrogen-bond acceptors (Lipinski definition) is 4. The van der Waals surface area contributed by atoms with Gasteiger partial charge >= 0.3 is 0 Å². The molecule has 0 saturated carbocycles.